The van der Waals surface area contributed by atoms with E-state index in [0.717, 1.165) is 10.9 Å². The van der Waals surface area contributed by atoms with Crippen molar-refractivity contribution in [1.29, 1.82) is 10.8 Å². The Bertz CT molecular complexity index is 2360. The molecule has 0 saturated carbocycles. The molecule has 25 nitrogen and oxygen atoms in total. The van der Waals surface area contributed by atoms with Crippen LogP contribution in [0.5, 0.6) is 0 Å². The first-order chi connectivity index (χ1) is 33.4. The van der Waals surface area contributed by atoms with Gasteiger partial charge in [0.05, 0.1) is 6.54 Å². The molecule has 4 rings (SSSR count). The fraction of sp³-hybridized carbons (Fsp3) is 0.444. The summed E-state index contributed by atoms with van der Waals surface area (Å²) in [6.45, 7) is 0.664. The molecule has 0 aliphatic carbocycles. The van der Waals surface area contributed by atoms with Crippen molar-refractivity contribution >= 4 is 76.0 Å². The van der Waals surface area contributed by atoms with Crippen LogP contribution < -0.4 is 70.4 Å². The smallest absolute Gasteiger partial charge is 0.243 e. The van der Waals surface area contributed by atoms with Crippen LogP contribution >= 0.6 is 0 Å². The van der Waals surface area contributed by atoms with Gasteiger partial charge in [0.15, 0.2) is 11.9 Å². The van der Waals surface area contributed by atoms with Crippen molar-refractivity contribution in [2.75, 3.05) is 26.2 Å². The van der Waals surface area contributed by atoms with E-state index >= 15 is 0 Å². The van der Waals surface area contributed by atoms with Crippen LogP contribution in [0.1, 0.15) is 63.0 Å². The normalized spacial score (nSPS) is 20.0. The molecule has 1 aliphatic heterocycles. The highest BCUT2D eigenvalue weighted by molar-refractivity contribution is 5.98. The van der Waals surface area contributed by atoms with Gasteiger partial charge in [0.2, 0.25) is 53.2 Å². The fourth-order valence-electron chi connectivity index (χ4n) is 7.47. The number of guanidine groups is 2. The van der Waals surface area contributed by atoms with Crippen molar-refractivity contribution < 1.29 is 43.2 Å². The second kappa shape index (κ2) is 27.5. The Morgan fingerprint density at radius 2 is 1.31 bits per heavy atom. The number of carbonyl (C=O) groups is 9. The van der Waals surface area contributed by atoms with E-state index in [1.807, 2.05) is 24.3 Å². The molecule has 378 valence electrons. The molecule has 1 saturated heterocycles. The highest BCUT2D eigenvalue weighted by Gasteiger charge is 2.34. The van der Waals surface area contributed by atoms with E-state index in [1.165, 1.54) is 6.92 Å². The van der Waals surface area contributed by atoms with E-state index in [0.29, 0.717) is 11.1 Å². The number of carbonyl (C=O) groups excluding carboxylic acids is 9. The molecule has 1 fully saturated rings. The summed E-state index contributed by atoms with van der Waals surface area (Å²) < 4.78 is 0. The number of aromatic amines is 1. The maximum atomic E-state index is 14.4. The number of para-hydroxylation sites is 1. The van der Waals surface area contributed by atoms with Crippen LogP contribution in [-0.4, -0.2) is 132 Å². The minimum Gasteiger partial charge on any atom is -0.370 e. The van der Waals surface area contributed by atoms with E-state index < -0.39 is 96.0 Å². The van der Waals surface area contributed by atoms with Crippen molar-refractivity contribution in [1.82, 2.24) is 58.2 Å². The van der Waals surface area contributed by atoms with Crippen LogP contribution in [0.25, 0.3) is 10.9 Å². The average molecular weight is 973 g/mol. The molecule has 2 aromatic carbocycles. The number of rotatable bonds is 18. The topological polar surface area (TPSA) is 415 Å². The molecule has 70 heavy (non-hydrogen) atoms. The molecule has 0 bridgehead atoms. The van der Waals surface area contributed by atoms with Crippen LogP contribution in [0, 0.1) is 10.8 Å². The summed E-state index contributed by atoms with van der Waals surface area (Å²) in [5.41, 5.74) is 18.8. The minimum absolute atomic E-state index is 0.0227. The largest absolute Gasteiger partial charge is 0.370 e. The second-order valence-electron chi connectivity index (χ2n) is 16.6. The number of H-pyrrole nitrogens is 1. The van der Waals surface area contributed by atoms with Crippen LogP contribution in [0.4, 0.5) is 0 Å². The highest BCUT2D eigenvalue weighted by atomic mass is 16.2. The predicted octanol–water partition coefficient (Wildman–Crippen LogP) is -3.69. The lowest BCUT2D eigenvalue weighted by Gasteiger charge is -2.27. The van der Waals surface area contributed by atoms with Gasteiger partial charge in [0.25, 0.3) is 0 Å². The summed E-state index contributed by atoms with van der Waals surface area (Å²) in [5.74, 6) is -7.75. The van der Waals surface area contributed by atoms with E-state index in [2.05, 4.69) is 58.2 Å². The molecule has 1 aliphatic rings. The highest BCUT2D eigenvalue weighted by Crippen LogP contribution is 2.19. The third-order valence-corrected chi connectivity index (χ3v) is 11.1. The Morgan fingerprint density at radius 1 is 0.729 bits per heavy atom. The number of benzene rings is 2. The number of nitrogens with two attached hydrogens (primary N) is 3. The Hall–Kier alpha value is -8.25. The zero-order valence-corrected chi connectivity index (χ0v) is 38.8. The van der Waals surface area contributed by atoms with Crippen molar-refractivity contribution in [2.45, 2.75) is 101 Å². The molecular weight excluding hydrogens is 909 g/mol. The third kappa shape index (κ3) is 18.4. The summed E-state index contributed by atoms with van der Waals surface area (Å²) >= 11 is 0. The zero-order valence-electron chi connectivity index (χ0n) is 38.8. The van der Waals surface area contributed by atoms with Crippen molar-refractivity contribution in [3.8, 4) is 0 Å². The van der Waals surface area contributed by atoms with Crippen LogP contribution in [-0.2, 0) is 56.0 Å². The van der Waals surface area contributed by atoms with Crippen molar-refractivity contribution in [3.63, 3.8) is 0 Å². The number of hydrogen-bond acceptors (Lipinski definition) is 11. The summed E-state index contributed by atoms with van der Waals surface area (Å²) in [6.07, 6.45) is 0.823. The maximum Gasteiger partial charge on any atom is 0.243 e. The average Bonchev–Trinajstić information content (AvgIpc) is 3.72. The number of primary amides is 1. The van der Waals surface area contributed by atoms with E-state index in [4.69, 9.17) is 28.0 Å². The number of hydrogen-bond donors (Lipinski definition) is 16. The lowest BCUT2D eigenvalue weighted by Crippen LogP contribution is -2.60. The van der Waals surface area contributed by atoms with Gasteiger partial charge in [-0.2, -0.15) is 0 Å². The summed E-state index contributed by atoms with van der Waals surface area (Å²) in [6, 6.07) is 7.65. The quantitative estimate of drug-likeness (QED) is 0.0332. The van der Waals surface area contributed by atoms with Gasteiger partial charge >= 0.3 is 0 Å². The number of nitrogens with one attached hydrogen (secondary N) is 13. The fourth-order valence-corrected chi connectivity index (χ4v) is 7.47. The first kappa shape index (κ1) is 54.4. The zero-order chi connectivity index (χ0) is 51.2. The van der Waals surface area contributed by atoms with E-state index in [-0.39, 0.29) is 89.3 Å². The van der Waals surface area contributed by atoms with Gasteiger partial charge in [0, 0.05) is 62.9 Å². The Labute approximate surface area is 403 Å². The second-order valence-corrected chi connectivity index (χ2v) is 16.6. The van der Waals surface area contributed by atoms with Crippen molar-refractivity contribution in [2.24, 2.45) is 17.2 Å². The van der Waals surface area contributed by atoms with Crippen LogP contribution in [0.15, 0.2) is 60.8 Å². The number of aromatic nitrogens is 1. The van der Waals surface area contributed by atoms with Gasteiger partial charge < -0.3 is 75.4 Å². The molecule has 19 N–H and O–H groups in total. The van der Waals surface area contributed by atoms with Gasteiger partial charge in [-0.3, -0.25) is 54.0 Å². The molecule has 9 amide bonds. The number of amides is 9. The minimum atomic E-state index is -1.45. The lowest BCUT2D eigenvalue weighted by atomic mass is 10.0. The Balaban J connectivity index is 1.73. The Kier molecular flexibility index (Phi) is 21.4. The molecular formula is C45H64N16O9. The molecule has 0 spiro atoms. The molecule has 3 unspecified atom stereocenters. The summed E-state index contributed by atoms with van der Waals surface area (Å²) in [7, 11) is 0. The standard InChI is InChI=1S/C45H64N16O9/c1-25(62)54-24-37(64)56-32-15-16-36(63)51-20-17-33(42(69)60-34(38(46)65)22-27-23-55-29-12-6-5-11-28(27)29)59-39(66)30(13-7-18-52-44(47)48)58-43(70)35(21-26-9-3-2-4-10-26)61-40(67)31(57-41(32)68)14-8-19-53-45(49)50/h2-6,9-12,23,30-35,55H,7-8,13-22,24H2,1H3,(H2,46,65)(H,51,63)(H,54,62)(H,56,64)(H,57,68)(H,58,70)(H,59,66)(H,60,69)(H,61,67)(H4,47,48,52)(H4,49,50,53)/t30-,31-,32?,33?,34-,35?/m0/s1. The molecule has 3 aromatic rings. The van der Waals surface area contributed by atoms with Gasteiger partial charge in [-0.15, -0.1) is 0 Å². The molecule has 6 atom stereocenters. The van der Waals surface area contributed by atoms with Gasteiger partial charge in [-0.05, 0) is 55.7 Å². The Morgan fingerprint density at radius 3 is 1.94 bits per heavy atom. The van der Waals surface area contributed by atoms with E-state index in [1.54, 1.807) is 36.5 Å². The third-order valence-electron chi connectivity index (χ3n) is 11.1. The molecule has 1 aromatic heterocycles. The van der Waals surface area contributed by atoms with E-state index in [9.17, 15) is 43.2 Å². The predicted molar refractivity (Wildman–Crippen MR) is 257 cm³/mol. The van der Waals surface area contributed by atoms with Gasteiger partial charge in [-0.25, -0.2) is 0 Å². The van der Waals surface area contributed by atoms with Gasteiger partial charge in [0.1, 0.15) is 36.3 Å². The van der Waals surface area contributed by atoms with Crippen LogP contribution in [0.2, 0.25) is 0 Å². The first-order valence-electron chi connectivity index (χ1n) is 22.8. The van der Waals surface area contributed by atoms with Gasteiger partial charge in [-0.1, -0.05) is 48.5 Å². The maximum absolute atomic E-state index is 14.4. The molecule has 2 heterocycles. The summed E-state index contributed by atoms with van der Waals surface area (Å²) in [4.78, 5) is 125. The molecule has 25 heteroatoms. The SMILES string of the molecule is CC(=O)NCC(=O)NC1CCC(=O)NCCC(C(=O)N[C@@H](Cc2c[nH]c3ccccc23)C(N)=O)NC(=O)[C@H](CCCNC(=N)N)NC(=O)C(Cc2ccccc2)NC(=O)[C@H](CCCNC(=N)N)NC1=O. The monoisotopic (exact) mass is 973 g/mol. The summed E-state index contributed by atoms with van der Waals surface area (Å²) in [5, 5.41) is 41.9. The first-order valence-corrected chi connectivity index (χ1v) is 22.8. The number of fused-ring (bicyclic) bond motifs is 1. The van der Waals surface area contributed by atoms with Crippen molar-refractivity contribution in [3.05, 3.63) is 71.9 Å². The lowest BCUT2D eigenvalue weighted by molar-refractivity contribution is -0.135. The molecule has 0 radical (unpaired) electrons. The van der Waals surface area contributed by atoms with Crippen LogP contribution in [0.3, 0.4) is 0 Å².